The van der Waals surface area contributed by atoms with E-state index in [9.17, 15) is 0 Å². The van der Waals surface area contributed by atoms with E-state index in [1.165, 1.54) is 44.9 Å². The van der Waals surface area contributed by atoms with Crippen molar-refractivity contribution in [3.8, 4) is 0 Å². The normalized spacial score (nSPS) is 21.4. The van der Waals surface area contributed by atoms with E-state index in [-0.39, 0.29) is 0 Å². The van der Waals surface area contributed by atoms with E-state index in [2.05, 4.69) is 20.8 Å². The van der Waals surface area contributed by atoms with Crippen LogP contribution in [0.25, 0.3) is 0 Å². The van der Waals surface area contributed by atoms with Crippen LogP contribution < -0.4 is 0 Å². The first-order chi connectivity index (χ1) is 10.2. The highest BCUT2D eigenvalue weighted by Gasteiger charge is 2.11. The summed E-state index contributed by atoms with van der Waals surface area (Å²) in [6.45, 7) is 9.55. The van der Waals surface area contributed by atoms with Gasteiger partial charge in [-0.2, -0.15) is 0 Å². The minimum atomic E-state index is 0.597. The zero-order valence-electron chi connectivity index (χ0n) is 14.5. The molecular formula is C19H34O2. The van der Waals surface area contributed by atoms with E-state index in [4.69, 9.17) is 9.15 Å². The van der Waals surface area contributed by atoms with Gasteiger partial charge in [0.1, 0.15) is 11.5 Å². The summed E-state index contributed by atoms with van der Waals surface area (Å²) >= 11 is 0. The van der Waals surface area contributed by atoms with E-state index < -0.39 is 0 Å². The quantitative estimate of drug-likeness (QED) is 0.675. The SMILES string of the molecule is CC1CCCC1.CCC1CCCO1.CCc1ccc(C)o1. The number of rotatable bonds is 2. The van der Waals surface area contributed by atoms with Crippen LogP contribution in [0.3, 0.4) is 0 Å². The fourth-order valence-electron chi connectivity index (χ4n) is 2.77. The molecule has 1 aliphatic carbocycles. The van der Waals surface area contributed by atoms with Crippen molar-refractivity contribution >= 4 is 0 Å². The number of hydrogen-bond donors (Lipinski definition) is 0. The van der Waals surface area contributed by atoms with Gasteiger partial charge in [0, 0.05) is 13.0 Å². The van der Waals surface area contributed by atoms with Crippen molar-refractivity contribution in [3.63, 3.8) is 0 Å². The van der Waals surface area contributed by atoms with Crippen LogP contribution >= 0.6 is 0 Å². The molecule has 3 rings (SSSR count). The average molecular weight is 294 g/mol. The number of hydrogen-bond acceptors (Lipinski definition) is 2. The molecule has 1 atom stereocenters. The first-order valence-electron chi connectivity index (χ1n) is 8.82. The van der Waals surface area contributed by atoms with Crippen molar-refractivity contribution in [1.82, 2.24) is 0 Å². The topological polar surface area (TPSA) is 22.4 Å². The van der Waals surface area contributed by atoms with Crippen molar-refractivity contribution in [2.24, 2.45) is 5.92 Å². The molecule has 1 saturated heterocycles. The third kappa shape index (κ3) is 8.31. The Bertz CT molecular complexity index is 344. The van der Waals surface area contributed by atoms with Gasteiger partial charge in [0.05, 0.1) is 6.10 Å². The predicted molar refractivity (Wildman–Crippen MR) is 89.7 cm³/mol. The molecule has 1 aromatic heterocycles. The summed E-state index contributed by atoms with van der Waals surface area (Å²) in [5.41, 5.74) is 0. The highest BCUT2D eigenvalue weighted by atomic mass is 16.5. The molecule has 0 amide bonds. The zero-order valence-corrected chi connectivity index (χ0v) is 14.5. The molecule has 1 unspecified atom stereocenters. The van der Waals surface area contributed by atoms with Crippen LogP contribution in [0.4, 0.5) is 0 Å². The molecule has 1 saturated carbocycles. The van der Waals surface area contributed by atoms with E-state index in [0.717, 1.165) is 30.5 Å². The monoisotopic (exact) mass is 294 g/mol. The fraction of sp³-hybridized carbons (Fsp3) is 0.789. The van der Waals surface area contributed by atoms with Gasteiger partial charge in [-0.25, -0.2) is 0 Å². The molecule has 1 aromatic rings. The molecule has 122 valence electrons. The second kappa shape index (κ2) is 10.9. The van der Waals surface area contributed by atoms with E-state index >= 15 is 0 Å². The highest BCUT2D eigenvalue weighted by Crippen LogP contribution is 2.22. The predicted octanol–water partition coefficient (Wildman–Crippen LogP) is 5.92. The first kappa shape index (κ1) is 18.3. The molecule has 0 aromatic carbocycles. The lowest BCUT2D eigenvalue weighted by atomic mass is 10.2. The second-order valence-electron chi connectivity index (χ2n) is 6.30. The first-order valence-corrected chi connectivity index (χ1v) is 8.82. The summed E-state index contributed by atoms with van der Waals surface area (Å²) in [6.07, 6.45) is 11.3. The lowest BCUT2D eigenvalue weighted by molar-refractivity contribution is 0.108. The van der Waals surface area contributed by atoms with Gasteiger partial charge in [0.15, 0.2) is 0 Å². The Balaban J connectivity index is 0.000000159. The lowest BCUT2D eigenvalue weighted by Gasteiger charge is -2.01. The summed E-state index contributed by atoms with van der Waals surface area (Å²) in [5, 5.41) is 0. The molecule has 2 aliphatic rings. The van der Waals surface area contributed by atoms with Crippen LogP contribution in [0.1, 0.15) is 77.2 Å². The number of aryl methyl sites for hydroxylation is 2. The molecule has 0 N–H and O–H groups in total. The van der Waals surface area contributed by atoms with Crippen LogP contribution in [0, 0.1) is 12.8 Å². The summed E-state index contributed by atoms with van der Waals surface area (Å²) < 4.78 is 10.5. The molecule has 0 radical (unpaired) electrons. The molecule has 2 nitrogen and oxygen atoms in total. The maximum absolute atomic E-state index is 5.30. The average Bonchev–Trinajstić information content (AvgIpc) is 3.22. The highest BCUT2D eigenvalue weighted by molar-refractivity contribution is 5.04. The maximum atomic E-state index is 5.30. The molecule has 2 heteroatoms. The zero-order chi connectivity index (χ0) is 15.5. The summed E-state index contributed by atoms with van der Waals surface area (Å²) in [4.78, 5) is 0. The maximum Gasteiger partial charge on any atom is 0.103 e. The third-order valence-electron chi connectivity index (χ3n) is 4.27. The fourth-order valence-corrected chi connectivity index (χ4v) is 2.77. The summed E-state index contributed by atoms with van der Waals surface area (Å²) in [6, 6.07) is 3.99. The van der Waals surface area contributed by atoms with Gasteiger partial charge >= 0.3 is 0 Å². The molecular weight excluding hydrogens is 260 g/mol. The van der Waals surface area contributed by atoms with Crippen LogP contribution in [0.2, 0.25) is 0 Å². The van der Waals surface area contributed by atoms with Crippen molar-refractivity contribution in [3.05, 3.63) is 23.7 Å². The van der Waals surface area contributed by atoms with Crippen LogP contribution in [0.15, 0.2) is 16.5 Å². The standard InChI is InChI=1S/C7H10O.C6H12O.C6H12/c1-3-7-5-4-6(2)8-7;1-2-6-4-3-5-7-6;1-6-4-2-3-5-6/h4-5H,3H2,1-2H3;6H,2-5H2,1H3;6H,2-5H2,1H3. The third-order valence-corrected chi connectivity index (χ3v) is 4.27. The molecule has 2 fully saturated rings. The van der Waals surface area contributed by atoms with Gasteiger partial charge in [-0.3, -0.25) is 0 Å². The molecule has 1 aliphatic heterocycles. The van der Waals surface area contributed by atoms with Gasteiger partial charge in [-0.1, -0.05) is 46.5 Å². The van der Waals surface area contributed by atoms with Crippen LogP contribution in [-0.2, 0) is 11.2 Å². The Morgan fingerprint density at radius 3 is 2.00 bits per heavy atom. The van der Waals surface area contributed by atoms with Crippen molar-refractivity contribution < 1.29 is 9.15 Å². The minimum absolute atomic E-state index is 0.597. The molecule has 0 bridgehead atoms. The van der Waals surface area contributed by atoms with Crippen LogP contribution in [0.5, 0.6) is 0 Å². The Morgan fingerprint density at radius 2 is 1.76 bits per heavy atom. The Morgan fingerprint density at radius 1 is 1.05 bits per heavy atom. The van der Waals surface area contributed by atoms with Gasteiger partial charge in [-0.15, -0.1) is 0 Å². The van der Waals surface area contributed by atoms with Crippen molar-refractivity contribution in [1.29, 1.82) is 0 Å². The summed E-state index contributed by atoms with van der Waals surface area (Å²) in [7, 11) is 0. The Labute approximate surface area is 131 Å². The van der Waals surface area contributed by atoms with Crippen molar-refractivity contribution in [2.75, 3.05) is 6.61 Å². The Kier molecular flexibility index (Phi) is 9.49. The summed E-state index contributed by atoms with van der Waals surface area (Å²) in [5.74, 6) is 3.12. The number of ether oxygens (including phenoxy) is 1. The van der Waals surface area contributed by atoms with Gasteiger partial charge in [0.2, 0.25) is 0 Å². The lowest BCUT2D eigenvalue weighted by Crippen LogP contribution is -2.00. The van der Waals surface area contributed by atoms with Crippen molar-refractivity contribution in [2.45, 2.75) is 85.2 Å². The van der Waals surface area contributed by atoms with E-state index in [0.29, 0.717) is 6.10 Å². The van der Waals surface area contributed by atoms with Gasteiger partial charge in [0.25, 0.3) is 0 Å². The van der Waals surface area contributed by atoms with Crippen LogP contribution in [-0.4, -0.2) is 12.7 Å². The molecule has 0 spiro atoms. The van der Waals surface area contributed by atoms with Gasteiger partial charge < -0.3 is 9.15 Å². The molecule has 2 heterocycles. The largest absolute Gasteiger partial charge is 0.466 e. The minimum Gasteiger partial charge on any atom is -0.466 e. The second-order valence-corrected chi connectivity index (χ2v) is 6.30. The molecule has 21 heavy (non-hydrogen) atoms. The number of furan rings is 1. The van der Waals surface area contributed by atoms with E-state index in [1.54, 1.807) is 0 Å². The Hall–Kier alpha value is -0.760. The smallest absolute Gasteiger partial charge is 0.103 e. The van der Waals surface area contributed by atoms with Gasteiger partial charge in [-0.05, 0) is 44.2 Å². The van der Waals surface area contributed by atoms with E-state index in [1.807, 2.05) is 19.1 Å².